The Hall–Kier alpha value is -4.63. The van der Waals surface area contributed by atoms with Crippen LogP contribution in [0.15, 0.2) is 30.2 Å². The number of aromatic nitrogens is 3. The van der Waals surface area contributed by atoms with E-state index in [1.807, 2.05) is 4.90 Å². The van der Waals surface area contributed by atoms with Crippen molar-refractivity contribution in [3.05, 3.63) is 53.2 Å². The van der Waals surface area contributed by atoms with Crippen molar-refractivity contribution >= 4 is 27.5 Å². The highest BCUT2D eigenvalue weighted by molar-refractivity contribution is 6.04. The third-order valence-electron chi connectivity index (χ3n) is 9.69. The van der Waals surface area contributed by atoms with Gasteiger partial charge in [-0.15, -0.1) is 6.42 Å². The summed E-state index contributed by atoms with van der Waals surface area (Å²) in [5, 5.41) is 10.4. The van der Waals surface area contributed by atoms with Gasteiger partial charge in [-0.1, -0.05) is 12.3 Å². The molecule has 4 aliphatic heterocycles. The van der Waals surface area contributed by atoms with Crippen molar-refractivity contribution in [1.29, 1.82) is 0 Å². The smallest absolute Gasteiger partial charge is 0.319 e. The Balaban J connectivity index is 1.35. The molecule has 4 aliphatic rings. The number of hydrogen-bond donors (Lipinski definition) is 1. The van der Waals surface area contributed by atoms with Crippen molar-refractivity contribution in [3.63, 3.8) is 0 Å². The minimum Gasteiger partial charge on any atom is -0.508 e. The van der Waals surface area contributed by atoms with Gasteiger partial charge in [0.2, 0.25) is 5.88 Å². The topological polar surface area (TPSA) is 83.8 Å². The summed E-state index contributed by atoms with van der Waals surface area (Å²) in [6, 6.07) is 2.76. The van der Waals surface area contributed by atoms with Gasteiger partial charge in [0.15, 0.2) is 11.6 Å². The summed E-state index contributed by atoms with van der Waals surface area (Å²) in [6.07, 6.45) is 11.7. The summed E-state index contributed by atoms with van der Waals surface area (Å²) in [7, 11) is 0. The molecule has 12 heteroatoms. The van der Waals surface area contributed by atoms with Crippen LogP contribution in [0.2, 0.25) is 0 Å². The van der Waals surface area contributed by atoms with Gasteiger partial charge in [-0.05, 0) is 50.8 Å². The van der Waals surface area contributed by atoms with Gasteiger partial charge in [0.05, 0.1) is 16.8 Å². The molecule has 0 bridgehead atoms. The molecular weight excluding hydrogens is 602 g/mol. The van der Waals surface area contributed by atoms with E-state index in [-0.39, 0.29) is 57.0 Å². The van der Waals surface area contributed by atoms with Crippen LogP contribution in [-0.4, -0.2) is 62.9 Å². The van der Waals surface area contributed by atoms with Gasteiger partial charge in [-0.2, -0.15) is 9.97 Å². The first-order valence-electron chi connectivity index (χ1n) is 15.4. The Morgan fingerprint density at radius 2 is 1.91 bits per heavy atom. The molecule has 0 unspecified atom stereocenters. The molecule has 6 heterocycles. The zero-order valence-corrected chi connectivity index (χ0v) is 24.8. The number of phenols is 1. The maximum atomic E-state index is 16.9. The zero-order valence-electron chi connectivity index (χ0n) is 24.8. The molecule has 0 aliphatic carbocycles. The second-order valence-electron chi connectivity index (χ2n) is 12.5. The normalized spacial score (nSPS) is 22.5. The number of aromatic hydroxyl groups is 1. The van der Waals surface area contributed by atoms with Crippen LogP contribution in [-0.2, 0) is 0 Å². The number of pyridine rings is 1. The van der Waals surface area contributed by atoms with E-state index in [9.17, 15) is 13.9 Å². The molecular formula is C34H29F4N5O3. The van der Waals surface area contributed by atoms with E-state index in [0.29, 0.717) is 37.8 Å². The van der Waals surface area contributed by atoms with Crippen molar-refractivity contribution in [2.45, 2.75) is 56.7 Å². The minimum absolute atomic E-state index is 0.0271. The van der Waals surface area contributed by atoms with Crippen LogP contribution in [0, 0.1) is 29.8 Å². The first-order chi connectivity index (χ1) is 22.3. The largest absolute Gasteiger partial charge is 0.508 e. The lowest BCUT2D eigenvalue weighted by Crippen LogP contribution is -2.43. The number of terminal acetylenes is 1. The summed E-state index contributed by atoms with van der Waals surface area (Å²) in [4.78, 5) is 17.8. The van der Waals surface area contributed by atoms with Crippen molar-refractivity contribution < 1.29 is 32.1 Å². The number of rotatable bonds is 4. The molecule has 8 nitrogen and oxygen atoms in total. The molecule has 2 atom stereocenters. The molecule has 2 aromatic carbocycles. The molecule has 236 valence electrons. The van der Waals surface area contributed by atoms with Crippen LogP contribution in [0.3, 0.4) is 0 Å². The molecule has 0 radical (unpaired) electrons. The summed E-state index contributed by atoms with van der Waals surface area (Å²) < 4.78 is 73.6. The fraction of sp³-hybridized carbons (Fsp3) is 0.382. The highest BCUT2D eigenvalue weighted by atomic mass is 19.1. The standard InChI is InChI=1S/C34H29F4N5O3/c1-2-21-24(36)13-25(37)22-11-20(44)12-23(26(21)22)29-28(38)30-27-31(43-10-5-3-4-7-19(43)16-45-32(27)39-29)41-33(40-30)46-17-34-8-6-9-42(34)15-18(35)14-34/h1,11-13,16,18,44H,3-10,14-15,17H2/t18-,34+/m1/s1. The zero-order chi connectivity index (χ0) is 31.7. The van der Waals surface area contributed by atoms with E-state index in [1.165, 1.54) is 0 Å². The van der Waals surface area contributed by atoms with Gasteiger partial charge >= 0.3 is 6.01 Å². The summed E-state index contributed by atoms with van der Waals surface area (Å²) in [5.74, 6) is -0.800. The van der Waals surface area contributed by atoms with E-state index in [4.69, 9.17) is 20.9 Å². The molecule has 8 rings (SSSR count). The average molecular weight is 632 g/mol. The van der Waals surface area contributed by atoms with Gasteiger partial charge in [-0.3, -0.25) is 4.90 Å². The Bertz CT molecular complexity index is 2010. The van der Waals surface area contributed by atoms with Gasteiger partial charge in [-0.25, -0.2) is 22.5 Å². The molecule has 0 saturated carbocycles. The van der Waals surface area contributed by atoms with Gasteiger partial charge in [0, 0.05) is 41.9 Å². The monoisotopic (exact) mass is 631 g/mol. The number of halogens is 4. The Morgan fingerprint density at radius 3 is 2.76 bits per heavy atom. The number of phenolic OH excluding ortho intramolecular Hbond substituents is 1. The second kappa shape index (κ2) is 10.7. The van der Waals surface area contributed by atoms with Crippen LogP contribution in [0.25, 0.3) is 32.9 Å². The summed E-state index contributed by atoms with van der Waals surface area (Å²) in [5.41, 5.74) is -0.699. The highest BCUT2D eigenvalue weighted by Gasteiger charge is 2.49. The van der Waals surface area contributed by atoms with Crippen LogP contribution in [0.4, 0.5) is 23.4 Å². The van der Waals surface area contributed by atoms with Crippen molar-refractivity contribution in [2.24, 2.45) is 0 Å². The summed E-state index contributed by atoms with van der Waals surface area (Å²) >= 11 is 0. The van der Waals surface area contributed by atoms with Crippen molar-refractivity contribution in [1.82, 2.24) is 19.9 Å². The molecule has 2 aromatic heterocycles. The lowest BCUT2D eigenvalue weighted by atomic mass is 9.95. The molecule has 1 N–H and O–H groups in total. The Kier molecular flexibility index (Phi) is 6.72. The third-order valence-corrected chi connectivity index (χ3v) is 9.69. The molecule has 46 heavy (non-hydrogen) atoms. The number of ether oxygens (including phenoxy) is 2. The maximum Gasteiger partial charge on any atom is 0.319 e. The number of benzene rings is 2. The quantitative estimate of drug-likeness (QED) is 0.202. The van der Waals surface area contributed by atoms with E-state index in [0.717, 1.165) is 56.5 Å². The van der Waals surface area contributed by atoms with Crippen LogP contribution < -0.4 is 14.4 Å². The first-order valence-corrected chi connectivity index (χ1v) is 15.4. The first kappa shape index (κ1) is 28.8. The second-order valence-corrected chi connectivity index (χ2v) is 12.5. The molecule has 4 aromatic rings. The van der Waals surface area contributed by atoms with E-state index >= 15 is 8.78 Å². The number of hydrogen-bond acceptors (Lipinski definition) is 8. The number of alkyl halides is 1. The van der Waals surface area contributed by atoms with E-state index < -0.39 is 34.9 Å². The van der Waals surface area contributed by atoms with Gasteiger partial charge in [0.25, 0.3) is 0 Å². The van der Waals surface area contributed by atoms with Crippen LogP contribution in [0.5, 0.6) is 17.6 Å². The fourth-order valence-corrected chi connectivity index (χ4v) is 7.59. The average Bonchev–Trinajstić information content (AvgIpc) is 3.38. The number of fused-ring (bicyclic) bond motifs is 4. The third kappa shape index (κ3) is 4.43. The fourth-order valence-electron chi connectivity index (χ4n) is 7.59. The molecule has 3 saturated heterocycles. The van der Waals surface area contributed by atoms with E-state index in [2.05, 4.69) is 20.8 Å². The Morgan fingerprint density at radius 1 is 1.04 bits per heavy atom. The molecule has 0 spiro atoms. The predicted octanol–water partition coefficient (Wildman–Crippen LogP) is 6.52. The van der Waals surface area contributed by atoms with Crippen molar-refractivity contribution in [3.8, 4) is 41.2 Å². The predicted molar refractivity (Wildman–Crippen MR) is 163 cm³/mol. The molecule has 0 amide bonds. The number of allylic oxidation sites excluding steroid dienone is 1. The van der Waals surface area contributed by atoms with Gasteiger partial charge in [0.1, 0.15) is 53.0 Å². The molecule has 3 fully saturated rings. The van der Waals surface area contributed by atoms with Crippen molar-refractivity contribution in [2.75, 3.05) is 31.1 Å². The SMILES string of the molecule is C#Cc1c(F)cc(F)c2cc(O)cc(-c3nc4c5c(nc(OC[C@@]67CCCN6C[C@H](F)C7)nc5c3F)N3CCCCCC3=CO4)c12. The van der Waals surface area contributed by atoms with Crippen LogP contribution >= 0.6 is 0 Å². The van der Waals surface area contributed by atoms with E-state index in [1.54, 1.807) is 6.26 Å². The lowest BCUT2D eigenvalue weighted by Gasteiger charge is -2.31. The number of nitrogens with zero attached hydrogens (tertiary/aromatic N) is 5. The highest BCUT2D eigenvalue weighted by Crippen LogP contribution is 2.45. The summed E-state index contributed by atoms with van der Waals surface area (Å²) in [6.45, 7) is 1.84. The maximum absolute atomic E-state index is 16.9. The minimum atomic E-state index is -1.02. The lowest BCUT2D eigenvalue weighted by molar-refractivity contribution is 0.107. The van der Waals surface area contributed by atoms with Gasteiger partial charge < -0.3 is 19.5 Å². The Labute approximate surface area is 261 Å². The van der Waals surface area contributed by atoms with Crippen LogP contribution in [0.1, 0.15) is 50.5 Å². The number of anilines is 1.